The minimum absolute atomic E-state index is 0.192. The Morgan fingerprint density at radius 1 is 1.00 bits per heavy atom. The van der Waals surface area contributed by atoms with Gasteiger partial charge < -0.3 is 15.7 Å². The van der Waals surface area contributed by atoms with Crippen molar-refractivity contribution in [3.05, 3.63) is 36.3 Å². The van der Waals surface area contributed by atoms with E-state index >= 15 is 0 Å². The van der Waals surface area contributed by atoms with E-state index in [1.165, 1.54) is 18.9 Å². The highest BCUT2D eigenvalue weighted by molar-refractivity contribution is 5.76. The molecule has 3 aromatic rings. The molecular formula is C22H27FN6O. The van der Waals surface area contributed by atoms with Crippen molar-refractivity contribution in [2.75, 3.05) is 10.6 Å². The third kappa shape index (κ3) is 3.84. The van der Waals surface area contributed by atoms with Gasteiger partial charge in [0.2, 0.25) is 11.9 Å². The van der Waals surface area contributed by atoms with E-state index in [1.54, 1.807) is 24.4 Å². The average molecular weight is 410 g/mol. The molecule has 5 rings (SSSR count). The van der Waals surface area contributed by atoms with E-state index in [2.05, 4.69) is 20.2 Å². The summed E-state index contributed by atoms with van der Waals surface area (Å²) in [5, 5.41) is 16.3. The Bertz CT molecular complexity index is 1020. The minimum atomic E-state index is -0.310. The maximum absolute atomic E-state index is 14.2. The van der Waals surface area contributed by atoms with Gasteiger partial charge in [-0.2, -0.15) is 4.98 Å². The molecule has 1 aromatic carbocycles. The molecule has 2 saturated carbocycles. The van der Waals surface area contributed by atoms with Gasteiger partial charge in [0.1, 0.15) is 11.3 Å². The highest BCUT2D eigenvalue weighted by Crippen LogP contribution is 2.36. The van der Waals surface area contributed by atoms with Crippen LogP contribution in [0.1, 0.15) is 57.4 Å². The van der Waals surface area contributed by atoms with Gasteiger partial charge in [0.05, 0.1) is 18.0 Å². The smallest absolute Gasteiger partial charge is 0.224 e. The first-order valence-electron chi connectivity index (χ1n) is 10.9. The Morgan fingerprint density at radius 3 is 2.53 bits per heavy atom. The summed E-state index contributed by atoms with van der Waals surface area (Å²) in [6.07, 6.45) is 9.42. The Morgan fingerprint density at radius 2 is 1.77 bits per heavy atom. The van der Waals surface area contributed by atoms with Crippen LogP contribution in [-0.4, -0.2) is 36.8 Å². The topological polar surface area (TPSA) is 87.9 Å². The highest BCUT2D eigenvalue weighted by Gasteiger charge is 2.25. The van der Waals surface area contributed by atoms with E-state index in [0.717, 1.165) is 44.2 Å². The Kier molecular flexibility index (Phi) is 5.25. The summed E-state index contributed by atoms with van der Waals surface area (Å²) in [5.41, 5.74) is 1.87. The second-order valence-corrected chi connectivity index (χ2v) is 8.40. The molecular weight excluding hydrogens is 383 g/mol. The van der Waals surface area contributed by atoms with Gasteiger partial charge in [-0.15, -0.1) is 0 Å². The SMILES string of the molecule is O[C@H]1CC[C@@H](Nc2ncc3nc(Nc4ccccc4F)n(C4CCCC4)c3n2)CC1. The van der Waals surface area contributed by atoms with Crippen molar-refractivity contribution in [3.8, 4) is 0 Å². The molecule has 3 N–H and O–H groups in total. The zero-order chi connectivity index (χ0) is 20.5. The molecule has 2 fully saturated rings. The number of fused-ring (bicyclic) bond motifs is 1. The molecule has 2 heterocycles. The summed E-state index contributed by atoms with van der Waals surface area (Å²) in [6, 6.07) is 7.18. The Balaban J connectivity index is 1.49. The number of aromatic nitrogens is 4. The van der Waals surface area contributed by atoms with E-state index in [9.17, 15) is 9.50 Å². The van der Waals surface area contributed by atoms with Crippen LogP contribution in [0.2, 0.25) is 0 Å². The minimum Gasteiger partial charge on any atom is -0.393 e. The van der Waals surface area contributed by atoms with Crippen molar-refractivity contribution in [2.45, 2.75) is 69.6 Å². The quantitative estimate of drug-likeness (QED) is 0.572. The number of hydrogen-bond acceptors (Lipinski definition) is 6. The zero-order valence-corrected chi connectivity index (χ0v) is 16.9. The predicted molar refractivity (Wildman–Crippen MR) is 114 cm³/mol. The summed E-state index contributed by atoms with van der Waals surface area (Å²) in [7, 11) is 0. The van der Waals surface area contributed by atoms with Gasteiger partial charge in [0.15, 0.2) is 5.65 Å². The lowest BCUT2D eigenvalue weighted by atomic mass is 9.93. The predicted octanol–water partition coefficient (Wildman–Crippen LogP) is 4.54. The molecule has 0 spiro atoms. The molecule has 0 radical (unpaired) electrons. The molecule has 0 bridgehead atoms. The lowest BCUT2D eigenvalue weighted by Gasteiger charge is -2.26. The van der Waals surface area contributed by atoms with Crippen molar-refractivity contribution >= 4 is 28.7 Å². The van der Waals surface area contributed by atoms with Crippen LogP contribution in [0.25, 0.3) is 11.2 Å². The molecule has 0 unspecified atom stereocenters. The van der Waals surface area contributed by atoms with E-state index in [1.807, 2.05) is 0 Å². The van der Waals surface area contributed by atoms with Gasteiger partial charge in [0.25, 0.3) is 0 Å². The van der Waals surface area contributed by atoms with Crippen LogP contribution in [0.5, 0.6) is 0 Å². The van der Waals surface area contributed by atoms with E-state index in [4.69, 9.17) is 9.97 Å². The van der Waals surface area contributed by atoms with E-state index < -0.39 is 0 Å². The number of rotatable bonds is 5. The third-order valence-electron chi connectivity index (χ3n) is 6.27. The first kappa shape index (κ1) is 19.2. The third-order valence-corrected chi connectivity index (χ3v) is 6.27. The standard InChI is InChI=1S/C22H27FN6O/c23-17-7-3-4-8-18(17)26-22-27-19-13-24-21(25-14-9-11-16(30)12-10-14)28-20(19)29(22)15-5-1-2-6-15/h3-4,7-8,13-16,30H,1-2,5-6,9-12H2,(H,26,27)(H,24,25,28)/t14-,16+. The Hall–Kier alpha value is -2.74. The summed E-state index contributed by atoms with van der Waals surface area (Å²) >= 11 is 0. The molecule has 8 heteroatoms. The number of aliphatic hydroxyl groups excluding tert-OH is 1. The van der Waals surface area contributed by atoms with Crippen molar-refractivity contribution in [2.24, 2.45) is 0 Å². The van der Waals surface area contributed by atoms with Crippen molar-refractivity contribution < 1.29 is 9.50 Å². The van der Waals surface area contributed by atoms with Crippen LogP contribution < -0.4 is 10.6 Å². The number of halogens is 1. The van der Waals surface area contributed by atoms with Gasteiger partial charge in [0, 0.05) is 12.1 Å². The van der Waals surface area contributed by atoms with Gasteiger partial charge in [-0.1, -0.05) is 25.0 Å². The van der Waals surface area contributed by atoms with Gasteiger partial charge in [-0.3, -0.25) is 4.57 Å². The van der Waals surface area contributed by atoms with Crippen molar-refractivity contribution in [3.63, 3.8) is 0 Å². The molecule has 30 heavy (non-hydrogen) atoms. The van der Waals surface area contributed by atoms with Crippen molar-refractivity contribution in [1.82, 2.24) is 19.5 Å². The molecule has 0 saturated heterocycles. The first-order valence-corrected chi connectivity index (χ1v) is 10.9. The molecule has 2 aliphatic rings. The largest absolute Gasteiger partial charge is 0.393 e. The van der Waals surface area contributed by atoms with Crippen molar-refractivity contribution in [1.29, 1.82) is 0 Å². The number of para-hydroxylation sites is 1. The summed E-state index contributed by atoms with van der Waals surface area (Å²) in [5.74, 6) is 0.880. The van der Waals surface area contributed by atoms with Gasteiger partial charge in [-0.25, -0.2) is 14.4 Å². The summed E-state index contributed by atoms with van der Waals surface area (Å²) < 4.78 is 16.4. The second kappa shape index (κ2) is 8.18. The van der Waals surface area contributed by atoms with Crippen LogP contribution in [0.4, 0.5) is 22.0 Å². The lowest BCUT2D eigenvalue weighted by molar-refractivity contribution is 0.126. The first-order chi connectivity index (χ1) is 14.7. The number of benzene rings is 1. The monoisotopic (exact) mass is 410 g/mol. The fourth-order valence-corrected chi connectivity index (χ4v) is 4.64. The molecule has 0 aliphatic heterocycles. The van der Waals surface area contributed by atoms with Gasteiger partial charge in [-0.05, 0) is 50.7 Å². The number of nitrogens with one attached hydrogen (secondary N) is 2. The fraction of sp³-hybridized carbons (Fsp3) is 0.500. The average Bonchev–Trinajstić information content (AvgIpc) is 3.38. The molecule has 2 aromatic heterocycles. The Labute approximate surface area is 174 Å². The van der Waals surface area contributed by atoms with Crippen LogP contribution in [-0.2, 0) is 0 Å². The van der Waals surface area contributed by atoms with Gasteiger partial charge >= 0.3 is 0 Å². The van der Waals surface area contributed by atoms with Crippen LogP contribution in [0.3, 0.4) is 0 Å². The summed E-state index contributed by atoms with van der Waals surface area (Å²) in [4.78, 5) is 14.0. The number of aliphatic hydroxyl groups is 1. The molecule has 158 valence electrons. The normalized spacial score (nSPS) is 22.5. The maximum Gasteiger partial charge on any atom is 0.224 e. The zero-order valence-electron chi connectivity index (χ0n) is 16.9. The number of nitrogens with zero attached hydrogens (tertiary/aromatic N) is 4. The highest BCUT2D eigenvalue weighted by atomic mass is 19.1. The summed E-state index contributed by atoms with van der Waals surface area (Å²) in [6.45, 7) is 0. The van der Waals surface area contributed by atoms with E-state index in [0.29, 0.717) is 23.1 Å². The van der Waals surface area contributed by atoms with Crippen LogP contribution in [0, 0.1) is 5.82 Å². The van der Waals surface area contributed by atoms with Crippen LogP contribution in [0.15, 0.2) is 30.5 Å². The number of anilines is 3. The molecule has 7 nitrogen and oxygen atoms in total. The number of imidazole rings is 1. The molecule has 0 amide bonds. The molecule has 2 aliphatic carbocycles. The maximum atomic E-state index is 14.2. The second-order valence-electron chi connectivity index (χ2n) is 8.40. The molecule has 0 atom stereocenters. The van der Waals surface area contributed by atoms with Crippen LogP contribution >= 0.6 is 0 Å². The van der Waals surface area contributed by atoms with E-state index in [-0.39, 0.29) is 24.0 Å². The number of hydrogen-bond donors (Lipinski definition) is 3. The lowest BCUT2D eigenvalue weighted by Crippen LogP contribution is -2.29. The fourth-order valence-electron chi connectivity index (χ4n) is 4.64.